The number of carbonyl (C=O) groups is 1. The summed E-state index contributed by atoms with van der Waals surface area (Å²) in [4.78, 5) is 22.1. The molecule has 1 aromatic carbocycles. The zero-order valence-electron chi connectivity index (χ0n) is 13.8. The summed E-state index contributed by atoms with van der Waals surface area (Å²) < 4.78 is 1.75. The lowest BCUT2D eigenvalue weighted by Crippen LogP contribution is -2.41. The third-order valence-corrected chi connectivity index (χ3v) is 4.45. The molecule has 7 heteroatoms. The molecular weight excluding hydrogens is 316 g/mol. The normalized spacial score (nSPS) is 17.4. The monoisotopic (exact) mass is 336 g/mol. The number of aromatic nitrogens is 4. The molecule has 0 radical (unpaired) electrons. The summed E-state index contributed by atoms with van der Waals surface area (Å²) >= 11 is 0. The van der Waals surface area contributed by atoms with Crippen molar-refractivity contribution in [1.29, 1.82) is 0 Å². The molecule has 1 aliphatic heterocycles. The van der Waals surface area contributed by atoms with Gasteiger partial charge >= 0.3 is 6.03 Å². The van der Waals surface area contributed by atoms with E-state index in [4.69, 9.17) is 0 Å². The van der Waals surface area contributed by atoms with Crippen LogP contribution in [0.5, 0.6) is 0 Å². The van der Waals surface area contributed by atoms with E-state index in [1.54, 1.807) is 23.3 Å². The highest BCUT2D eigenvalue weighted by Gasteiger charge is 2.29. The molecular formula is C18H20N6O. The predicted octanol–water partition coefficient (Wildman–Crippen LogP) is 3.35. The van der Waals surface area contributed by atoms with Crippen LogP contribution in [0.3, 0.4) is 0 Å². The Kier molecular flexibility index (Phi) is 4.20. The van der Waals surface area contributed by atoms with Crippen molar-refractivity contribution in [2.45, 2.75) is 25.3 Å². The quantitative estimate of drug-likeness (QED) is 0.770. The maximum atomic E-state index is 12.8. The van der Waals surface area contributed by atoms with Crippen LogP contribution in [0.4, 0.5) is 10.5 Å². The van der Waals surface area contributed by atoms with Crippen LogP contribution in [-0.2, 0) is 0 Å². The molecule has 25 heavy (non-hydrogen) atoms. The average molecular weight is 336 g/mol. The Bertz CT molecular complexity index is 826. The Balaban J connectivity index is 1.48. The first-order chi connectivity index (χ1) is 12.3. The number of likely N-dealkylation sites (tertiary alicyclic amines) is 1. The molecule has 4 rings (SSSR count). The van der Waals surface area contributed by atoms with Gasteiger partial charge in [-0.25, -0.2) is 14.5 Å². The number of imidazole rings is 1. The van der Waals surface area contributed by atoms with Crippen molar-refractivity contribution in [2.75, 3.05) is 11.9 Å². The molecule has 1 aliphatic rings. The van der Waals surface area contributed by atoms with Gasteiger partial charge in [0.2, 0.25) is 0 Å². The van der Waals surface area contributed by atoms with Gasteiger partial charge in [-0.3, -0.25) is 0 Å². The first-order valence-electron chi connectivity index (χ1n) is 8.48. The molecule has 2 aromatic heterocycles. The highest BCUT2D eigenvalue weighted by molar-refractivity contribution is 5.89. The van der Waals surface area contributed by atoms with E-state index >= 15 is 0 Å². The summed E-state index contributed by atoms with van der Waals surface area (Å²) in [6.45, 7) is 0.726. The van der Waals surface area contributed by atoms with Gasteiger partial charge in [-0.1, -0.05) is 18.2 Å². The molecule has 128 valence electrons. The summed E-state index contributed by atoms with van der Waals surface area (Å²) in [5, 5.41) is 7.27. The highest BCUT2D eigenvalue weighted by Crippen LogP contribution is 2.29. The zero-order chi connectivity index (χ0) is 17.1. The number of rotatable bonds is 3. The van der Waals surface area contributed by atoms with E-state index in [0.29, 0.717) is 5.69 Å². The second-order valence-corrected chi connectivity index (χ2v) is 6.12. The van der Waals surface area contributed by atoms with Crippen molar-refractivity contribution in [3.63, 3.8) is 0 Å². The summed E-state index contributed by atoms with van der Waals surface area (Å²) in [7, 11) is 0. The summed E-state index contributed by atoms with van der Waals surface area (Å²) in [6.07, 6.45) is 10.0. The number of anilines is 1. The van der Waals surface area contributed by atoms with E-state index < -0.39 is 0 Å². The van der Waals surface area contributed by atoms with Crippen LogP contribution in [0.1, 0.15) is 31.1 Å². The zero-order valence-corrected chi connectivity index (χ0v) is 13.8. The minimum atomic E-state index is -0.117. The van der Waals surface area contributed by atoms with Gasteiger partial charge in [0.05, 0.1) is 29.8 Å². The fourth-order valence-electron chi connectivity index (χ4n) is 3.22. The number of nitrogens with one attached hydrogen (secondary N) is 2. The highest BCUT2D eigenvalue weighted by atomic mass is 16.2. The Morgan fingerprint density at radius 2 is 2.12 bits per heavy atom. The lowest BCUT2D eigenvalue weighted by molar-refractivity contribution is 0.160. The number of carbonyl (C=O) groups excluding carboxylic acids is 1. The molecule has 0 aliphatic carbocycles. The smallest absolute Gasteiger partial charge is 0.322 e. The maximum Gasteiger partial charge on any atom is 0.322 e. The van der Waals surface area contributed by atoms with Crippen molar-refractivity contribution in [3.05, 3.63) is 60.9 Å². The number of H-pyrrole nitrogens is 1. The lowest BCUT2D eigenvalue weighted by Gasteiger charge is -2.34. The molecule has 3 aromatic rings. The Hall–Kier alpha value is -3.09. The number of benzene rings is 1. The Labute approximate surface area is 145 Å². The van der Waals surface area contributed by atoms with Crippen molar-refractivity contribution in [2.24, 2.45) is 0 Å². The molecule has 2 N–H and O–H groups in total. The van der Waals surface area contributed by atoms with Crippen molar-refractivity contribution >= 4 is 11.7 Å². The van der Waals surface area contributed by atoms with Gasteiger partial charge in [-0.05, 0) is 31.4 Å². The lowest BCUT2D eigenvalue weighted by atomic mass is 10.0. The number of aromatic amines is 1. The minimum absolute atomic E-state index is 0.00656. The number of hydrogen-bond acceptors (Lipinski definition) is 3. The first-order valence-corrected chi connectivity index (χ1v) is 8.48. The molecule has 0 unspecified atom stereocenters. The second kappa shape index (κ2) is 6.80. The average Bonchev–Trinajstić information content (AvgIpc) is 3.34. The van der Waals surface area contributed by atoms with Crippen molar-refractivity contribution in [3.8, 4) is 5.69 Å². The number of piperidine rings is 1. The van der Waals surface area contributed by atoms with Crippen LogP contribution in [0, 0.1) is 0 Å². The molecule has 0 spiro atoms. The SMILES string of the molecule is O=C(Nc1cnn(-c2ccccc2)c1)N1CCCC[C@@H]1c1ncc[nH]1. The number of amides is 2. The number of urea groups is 1. The number of para-hydroxylation sites is 1. The van der Waals surface area contributed by atoms with Crippen LogP contribution in [0.2, 0.25) is 0 Å². The van der Waals surface area contributed by atoms with E-state index in [1.807, 2.05) is 41.4 Å². The van der Waals surface area contributed by atoms with Crippen LogP contribution >= 0.6 is 0 Å². The third kappa shape index (κ3) is 3.26. The van der Waals surface area contributed by atoms with Gasteiger partial charge in [-0.15, -0.1) is 0 Å². The maximum absolute atomic E-state index is 12.8. The number of nitrogens with zero attached hydrogens (tertiary/aromatic N) is 4. The summed E-state index contributed by atoms with van der Waals surface area (Å²) in [6, 6.07) is 9.68. The van der Waals surface area contributed by atoms with Crippen LogP contribution in [0.25, 0.3) is 5.69 Å². The molecule has 2 amide bonds. The largest absolute Gasteiger partial charge is 0.347 e. The van der Waals surface area contributed by atoms with Gasteiger partial charge in [0.25, 0.3) is 0 Å². The number of hydrogen-bond donors (Lipinski definition) is 2. The van der Waals surface area contributed by atoms with Crippen LogP contribution in [-0.4, -0.2) is 37.2 Å². The van der Waals surface area contributed by atoms with Crippen LogP contribution in [0.15, 0.2) is 55.1 Å². The van der Waals surface area contributed by atoms with E-state index in [2.05, 4.69) is 20.4 Å². The molecule has 7 nitrogen and oxygen atoms in total. The fourth-order valence-corrected chi connectivity index (χ4v) is 3.22. The topological polar surface area (TPSA) is 78.8 Å². The summed E-state index contributed by atoms with van der Waals surface area (Å²) in [5.41, 5.74) is 1.63. The minimum Gasteiger partial charge on any atom is -0.347 e. The fraction of sp³-hybridized carbons (Fsp3) is 0.278. The van der Waals surface area contributed by atoms with Crippen molar-refractivity contribution in [1.82, 2.24) is 24.6 Å². The van der Waals surface area contributed by atoms with E-state index in [1.165, 1.54) is 0 Å². The molecule has 1 atom stereocenters. The molecule has 0 saturated carbocycles. The molecule has 1 saturated heterocycles. The molecule has 3 heterocycles. The van der Waals surface area contributed by atoms with Gasteiger partial charge in [-0.2, -0.15) is 5.10 Å². The Morgan fingerprint density at radius 1 is 1.24 bits per heavy atom. The van der Waals surface area contributed by atoms with E-state index in [9.17, 15) is 4.79 Å². The first kappa shape index (κ1) is 15.4. The van der Waals surface area contributed by atoms with Gasteiger partial charge in [0, 0.05) is 18.9 Å². The van der Waals surface area contributed by atoms with E-state index in [0.717, 1.165) is 37.3 Å². The van der Waals surface area contributed by atoms with Crippen LogP contribution < -0.4 is 5.32 Å². The van der Waals surface area contributed by atoms with Gasteiger partial charge < -0.3 is 15.2 Å². The molecule has 1 fully saturated rings. The van der Waals surface area contributed by atoms with Gasteiger partial charge in [0.15, 0.2) is 0 Å². The third-order valence-electron chi connectivity index (χ3n) is 4.45. The van der Waals surface area contributed by atoms with Gasteiger partial charge in [0.1, 0.15) is 5.82 Å². The van der Waals surface area contributed by atoms with Crippen molar-refractivity contribution < 1.29 is 4.79 Å². The second-order valence-electron chi connectivity index (χ2n) is 6.12. The standard InChI is InChI=1S/C18H20N6O/c25-18(23-11-5-4-8-16(23)17-19-9-10-20-17)22-14-12-21-24(13-14)15-6-2-1-3-7-15/h1-3,6-7,9-10,12-13,16H,4-5,8,11H2,(H,19,20)(H,22,25)/t16-/m1/s1. The predicted molar refractivity (Wildman–Crippen MR) is 94.5 cm³/mol. The van der Waals surface area contributed by atoms with E-state index in [-0.39, 0.29) is 12.1 Å². The molecule has 0 bridgehead atoms. The summed E-state index contributed by atoms with van der Waals surface area (Å²) in [5.74, 6) is 0.842. The Morgan fingerprint density at radius 3 is 2.92 bits per heavy atom.